The molecule has 0 fully saturated rings. The molecule has 2 N–H and O–H groups in total. The molecule has 0 radical (unpaired) electrons. The van der Waals surface area contributed by atoms with Crippen LogP contribution in [-0.4, -0.2) is 34.9 Å². The van der Waals surface area contributed by atoms with Gasteiger partial charge in [0, 0.05) is 18.1 Å². The van der Waals surface area contributed by atoms with E-state index in [1.54, 1.807) is 0 Å². The Morgan fingerprint density at radius 3 is 2.45 bits per heavy atom. The summed E-state index contributed by atoms with van der Waals surface area (Å²) in [6, 6.07) is 4.15. The van der Waals surface area contributed by atoms with Gasteiger partial charge in [0.05, 0.1) is 5.69 Å². The van der Waals surface area contributed by atoms with Crippen LogP contribution in [0.5, 0.6) is 5.75 Å². The number of hydrogen-bond donors (Lipinski definition) is 2. The Labute approximate surface area is 122 Å². The van der Waals surface area contributed by atoms with Crippen molar-refractivity contribution in [2.75, 3.05) is 18.4 Å². The molecule has 1 rings (SSSR count). The van der Waals surface area contributed by atoms with Crippen LogP contribution < -0.4 is 5.32 Å². The van der Waals surface area contributed by atoms with Crippen molar-refractivity contribution >= 4 is 29.1 Å². The molecule has 2 amide bonds. The Kier molecular flexibility index (Phi) is 5.80. The molecule has 106 valence electrons. The molecular formula is C14H15ClN2O3. The van der Waals surface area contributed by atoms with Gasteiger partial charge in [0.2, 0.25) is 0 Å². The van der Waals surface area contributed by atoms with Crippen molar-refractivity contribution in [3.63, 3.8) is 0 Å². The number of halogens is 1. The van der Waals surface area contributed by atoms with Crippen LogP contribution in [0.2, 0.25) is 5.02 Å². The molecule has 6 heteroatoms. The van der Waals surface area contributed by atoms with E-state index in [-0.39, 0.29) is 24.5 Å². The predicted molar refractivity (Wildman–Crippen MR) is 78.7 cm³/mol. The lowest BCUT2D eigenvalue weighted by Crippen LogP contribution is -2.39. The van der Waals surface area contributed by atoms with Gasteiger partial charge in [0.25, 0.3) is 0 Å². The molecule has 5 nitrogen and oxygen atoms in total. The molecule has 0 aliphatic heterocycles. The first kappa shape index (κ1) is 15.8. The summed E-state index contributed by atoms with van der Waals surface area (Å²) < 4.78 is 0. The molecule has 0 atom stereocenters. The van der Waals surface area contributed by atoms with Crippen LogP contribution in [0.25, 0.3) is 0 Å². The monoisotopic (exact) mass is 294 g/mol. The van der Waals surface area contributed by atoms with Crippen molar-refractivity contribution in [3.8, 4) is 5.75 Å². The number of rotatable bonds is 5. The Morgan fingerprint density at radius 1 is 1.30 bits per heavy atom. The lowest BCUT2D eigenvalue weighted by molar-refractivity contribution is -0.142. The van der Waals surface area contributed by atoms with Gasteiger partial charge < -0.3 is 15.3 Å². The summed E-state index contributed by atoms with van der Waals surface area (Å²) >= 11 is 5.76. The number of carbonyl (C=O) groups is 2. The van der Waals surface area contributed by atoms with E-state index in [1.807, 2.05) is 0 Å². The summed E-state index contributed by atoms with van der Waals surface area (Å²) in [5, 5.41) is 12.2. The lowest BCUT2D eigenvalue weighted by Gasteiger charge is -2.18. The number of carbonyl (C=O) groups excluding carboxylic acids is 2. The molecule has 0 aromatic heterocycles. The van der Waals surface area contributed by atoms with Gasteiger partial charge in [-0.3, -0.25) is 9.59 Å². The van der Waals surface area contributed by atoms with Crippen LogP contribution in [0.1, 0.15) is 0 Å². The first-order valence-electron chi connectivity index (χ1n) is 5.80. The molecule has 0 aliphatic rings. The van der Waals surface area contributed by atoms with Crippen LogP contribution in [0.4, 0.5) is 5.69 Å². The Hall–Kier alpha value is -2.27. The van der Waals surface area contributed by atoms with E-state index in [1.165, 1.54) is 35.3 Å². The zero-order valence-electron chi connectivity index (χ0n) is 10.8. The third kappa shape index (κ3) is 4.13. The summed E-state index contributed by atoms with van der Waals surface area (Å²) in [6.07, 6.45) is 3.01. The smallest absolute Gasteiger partial charge is 0.314 e. The molecule has 0 bridgehead atoms. The van der Waals surface area contributed by atoms with E-state index in [2.05, 4.69) is 18.5 Å². The second-order valence-corrected chi connectivity index (χ2v) is 4.34. The van der Waals surface area contributed by atoms with Gasteiger partial charge in [-0.1, -0.05) is 23.8 Å². The van der Waals surface area contributed by atoms with Gasteiger partial charge in [-0.2, -0.15) is 0 Å². The Bertz CT molecular complexity index is 533. The molecule has 0 unspecified atom stereocenters. The zero-order valence-corrected chi connectivity index (χ0v) is 11.6. The molecule has 1 aromatic rings. The molecule has 20 heavy (non-hydrogen) atoms. The maximum atomic E-state index is 11.9. The van der Waals surface area contributed by atoms with Gasteiger partial charge in [-0.15, -0.1) is 13.2 Å². The average molecular weight is 295 g/mol. The molecule has 0 saturated heterocycles. The highest BCUT2D eigenvalue weighted by atomic mass is 35.5. The van der Waals surface area contributed by atoms with Crippen LogP contribution in [0, 0.1) is 0 Å². The first-order valence-corrected chi connectivity index (χ1v) is 6.18. The van der Waals surface area contributed by atoms with Gasteiger partial charge in [0.15, 0.2) is 0 Å². The van der Waals surface area contributed by atoms with Gasteiger partial charge in [-0.25, -0.2) is 0 Å². The highest BCUT2D eigenvalue weighted by Crippen LogP contribution is 2.26. The van der Waals surface area contributed by atoms with E-state index in [9.17, 15) is 14.7 Å². The van der Waals surface area contributed by atoms with Gasteiger partial charge in [0.1, 0.15) is 5.75 Å². The predicted octanol–water partition coefficient (Wildman–Crippen LogP) is 2.18. The second kappa shape index (κ2) is 7.35. The molecule has 0 saturated carbocycles. The summed E-state index contributed by atoms with van der Waals surface area (Å²) in [6.45, 7) is 7.48. The number of hydrogen-bond acceptors (Lipinski definition) is 3. The number of nitrogens with one attached hydrogen (secondary N) is 1. The van der Waals surface area contributed by atoms with Crippen LogP contribution in [0.15, 0.2) is 43.5 Å². The summed E-state index contributed by atoms with van der Waals surface area (Å²) in [5.74, 6) is -1.79. The Morgan fingerprint density at radius 2 is 1.90 bits per heavy atom. The number of phenolic OH excluding ortho intramolecular Hbond substituents is 1. The SMILES string of the molecule is C=CCN(CC=C)C(=O)C(=O)Nc1cc(Cl)ccc1O. The maximum Gasteiger partial charge on any atom is 0.314 e. The quantitative estimate of drug-likeness (QED) is 0.497. The highest BCUT2D eigenvalue weighted by Gasteiger charge is 2.21. The number of phenols is 1. The zero-order chi connectivity index (χ0) is 15.1. The molecule has 0 aliphatic carbocycles. The first-order chi connectivity index (χ1) is 9.49. The number of amides is 2. The topological polar surface area (TPSA) is 69.6 Å². The van der Waals surface area contributed by atoms with Crippen molar-refractivity contribution in [1.82, 2.24) is 4.90 Å². The molecule has 1 aromatic carbocycles. The Balaban J connectivity index is 2.83. The van der Waals surface area contributed by atoms with Crippen LogP contribution >= 0.6 is 11.6 Å². The maximum absolute atomic E-state index is 11.9. The normalized spacial score (nSPS) is 9.65. The lowest BCUT2D eigenvalue weighted by atomic mass is 10.3. The molecule has 0 spiro atoms. The minimum atomic E-state index is -0.869. The fraction of sp³-hybridized carbons (Fsp3) is 0.143. The van der Waals surface area contributed by atoms with E-state index >= 15 is 0 Å². The van der Waals surface area contributed by atoms with Crippen LogP contribution in [0.3, 0.4) is 0 Å². The number of aromatic hydroxyl groups is 1. The second-order valence-electron chi connectivity index (χ2n) is 3.90. The van der Waals surface area contributed by atoms with E-state index in [4.69, 9.17) is 11.6 Å². The number of anilines is 1. The van der Waals surface area contributed by atoms with Crippen LogP contribution in [-0.2, 0) is 9.59 Å². The van der Waals surface area contributed by atoms with Crippen molar-refractivity contribution in [1.29, 1.82) is 0 Å². The number of nitrogens with zero attached hydrogens (tertiary/aromatic N) is 1. The summed E-state index contributed by atoms with van der Waals surface area (Å²) in [7, 11) is 0. The fourth-order valence-corrected chi connectivity index (χ4v) is 1.65. The van der Waals surface area contributed by atoms with E-state index in [0.29, 0.717) is 5.02 Å². The van der Waals surface area contributed by atoms with Gasteiger partial charge >= 0.3 is 11.8 Å². The largest absolute Gasteiger partial charge is 0.506 e. The average Bonchev–Trinajstić information content (AvgIpc) is 2.41. The molecular weight excluding hydrogens is 280 g/mol. The summed E-state index contributed by atoms with van der Waals surface area (Å²) in [4.78, 5) is 25.0. The van der Waals surface area contributed by atoms with E-state index in [0.717, 1.165) is 0 Å². The van der Waals surface area contributed by atoms with Crippen molar-refractivity contribution in [3.05, 3.63) is 48.5 Å². The number of benzene rings is 1. The minimum Gasteiger partial charge on any atom is -0.506 e. The highest BCUT2D eigenvalue weighted by molar-refractivity contribution is 6.40. The minimum absolute atomic E-state index is 0.0769. The standard InChI is InChI=1S/C14H15ClN2O3/c1-3-7-17(8-4-2)14(20)13(19)16-11-9-10(15)5-6-12(11)18/h3-6,9,18H,1-2,7-8H2,(H,16,19). The summed E-state index contributed by atoms with van der Waals surface area (Å²) in [5.41, 5.74) is 0.0769. The molecule has 0 heterocycles. The van der Waals surface area contributed by atoms with Gasteiger partial charge in [-0.05, 0) is 18.2 Å². The van der Waals surface area contributed by atoms with Crippen molar-refractivity contribution in [2.45, 2.75) is 0 Å². The van der Waals surface area contributed by atoms with Crippen molar-refractivity contribution < 1.29 is 14.7 Å². The van der Waals surface area contributed by atoms with E-state index < -0.39 is 11.8 Å². The third-order valence-electron chi connectivity index (χ3n) is 2.39. The fourth-order valence-electron chi connectivity index (χ4n) is 1.48. The third-order valence-corrected chi connectivity index (χ3v) is 2.62. The van der Waals surface area contributed by atoms with Crippen molar-refractivity contribution in [2.24, 2.45) is 0 Å².